The van der Waals surface area contributed by atoms with Crippen LogP contribution >= 0.6 is 11.6 Å². The molecule has 0 amide bonds. The summed E-state index contributed by atoms with van der Waals surface area (Å²) in [5.74, 6) is 0.0312. The summed E-state index contributed by atoms with van der Waals surface area (Å²) in [4.78, 5) is 0.147. The molecule has 0 fully saturated rings. The van der Waals surface area contributed by atoms with E-state index in [1.807, 2.05) is 0 Å². The first-order valence-electron chi connectivity index (χ1n) is 4.82. The van der Waals surface area contributed by atoms with Crippen molar-refractivity contribution in [3.8, 4) is 0 Å². The molecular weight excluding hydrogens is 276 g/mol. The lowest BCUT2D eigenvalue weighted by atomic mass is 10.3. The van der Waals surface area contributed by atoms with Gasteiger partial charge in [0.15, 0.2) is 21.0 Å². The van der Waals surface area contributed by atoms with Crippen LogP contribution in [-0.2, 0) is 10.0 Å². The van der Waals surface area contributed by atoms with Gasteiger partial charge in [-0.05, 0) is 36.4 Å². The van der Waals surface area contributed by atoms with E-state index in [0.717, 1.165) is 0 Å². The molecule has 0 aliphatic carbocycles. The summed E-state index contributed by atoms with van der Waals surface area (Å²) < 4.78 is 25.5. The topological polar surface area (TPSA) is 101 Å². The maximum absolute atomic E-state index is 12.0. The van der Waals surface area contributed by atoms with Crippen molar-refractivity contribution in [3.05, 3.63) is 41.6 Å². The van der Waals surface area contributed by atoms with E-state index in [2.05, 4.69) is 14.6 Å². The Hall–Kier alpha value is -1.70. The number of nitrogen functional groups attached to an aromatic ring is 1. The van der Waals surface area contributed by atoms with Crippen LogP contribution in [0.2, 0.25) is 5.15 Å². The summed E-state index contributed by atoms with van der Waals surface area (Å²) in [5, 5.41) is 7.32. The second kappa shape index (κ2) is 4.89. The van der Waals surface area contributed by atoms with Crippen molar-refractivity contribution in [2.45, 2.75) is 4.90 Å². The van der Waals surface area contributed by atoms with Gasteiger partial charge in [0.25, 0.3) is 0 Å². The molecule has 1 unspecified atom stereocenters. The summed E-state index contributed by atoms with van der Waals surface area (Å²) >= 11 is 5.55. The molecule has 0 radical (unpaired) electrons. The molecule has 0 bridgehead atoms. The van der Waals surface area contributed by atoms with E-state index < -0.39 is 10.0 Å². The van der Waals surface area contributed by atoms with Gasteiger partial charge in [-0.2, -0.15) is 4.36 Å². The van der Waals surface area contributed by atoms with Gasteiger partial charge in [-0.1, -0.05) is 11.6 Å². The molecule has 1 aromatic carbocycles. The Labute approximate surface area is 109 Å². The second-order valence-electron chi connectivity index (χ2n) is 3.37. The number of anilines is 1. The molecule has 1 heterocycles. The van der Waals surface area contributed by atoms with Crippen LogP contribution in [0.3, 0.4) is 0 Å². The third-order valence-corrected chi connectivity index (χ3v) is 3.54. The highest BCUT2D eigenvalue weighted by atomic mass is 35.5. The van der Waals surface area contributed by atoms with E-state index >= 15 is 0 Å². The van der Waals surface area contributed by atoms with Crippen LogP contribution in [0.1, 0.15) is 0 Å². The van der Waals surface area contributed by atoms with E-state index in [9.17, 15) is 8.76 Å². The highest BCUT2D eigenvalue weighted by Crippen LogP contribution is 2.18. The summed E-state index contributed by atoms with van der Waals surface area (Å²) in [7, 11) is -3.57. The number of halogens is 1. The Morgan fingerprint density at radius 3 is 2.39 bits per heavy atom. The molecule has 3 N–H and O–H groups in total. The number of rotatable bonds is 2. The number of hydrogen-bond acceptors (Lipinski definition) is 5. The molecule has 0 aliphatic rings. The second-order valence-corrected chi connectivity index (χ2v) is 5.41. The first kappa shape index (κ1) is 12.7. The third-order valence-electron chi connectivity index (χ3n) is 2.02. The number of nitrogens with zero attached hydrogens (tertiary/aromatic N) is 3. The normalized spacial score (nSPS) is 13.9. The van der Waals surface area contributed by atoms with E-state index in [4.69, 9.17) is 17.3 Å². The molecular formula is C10H9ClN4O2S. The van der Waals surface area contributed by atoms with Crippen LogP contribution in [0, 0.1) is 0 Å². The first-order chi connectivity index (χ1) is 8.47. The monoisotopic (exact) mass is 284 g/mol. The Kier molecular flexibility index (Phi) is 3.46. The molecule has 0 saturated carbocycles. The maximum Gasteiger partial charge on any atom is 0.197 e. The lowest BCUT2D eigenvalue weighted by molar-refractivity contribution is 0.552. The zero-order chi connectivity index (χ0) is 13.2. The van der Waals surface area contributed by atoms with Gasteiger partial charge in [0.2, 0.25) is 0 Å². The molecule has 0 aliphatic heterocycles. The number of hydrogen-bond donors (Lipinski definition) is 2. The molecule has 2 aromatic rings. The average molecular weight is 285 g/mol. The minimum absolute atomic E-state index is 0.0312. The van der Waals surface area contributed by atoms with Crippen molar-refractivity contribution in [1.82, 2.24) is 10.2 Å². The van der Waals surface area contributed by atoms with Crippen LogP contribution in [0.15, 0.2) is 45.7 Å². The van der Waals surface area contributed by atoms with E-state index in [0.29, 0.717) is 5.69 Å². The molecule has 94 valence electrons. The largest absolute Gasteiger partial charge is 0.399 e. The van der Waals surface area contributed by atoms with Gasteiger partial charge in [0.05, 0.1) is 4.90 Å². The molecule has 2 rings (SSSR count). The Morgan fingerprint density at radius 1 is 1.17 bits per heavy atom. The molecule has 18 heavy (non-hydrogen) atoms. The Morgan fingerprint density at radius 2 is 1.83 bits per heavy atom. The molecule has 0 saturated heterocycles. The van der Waals surface area contributed by atoms with Gasteiger partial charge in [-0.15, -0.1) is 10.2 Å². The molecule has 1 atom stereocenters. The molecule has 6 nitrogen and oxygen atoms in total. The summed E-state index contributed by atoms with van der Waals surface area (Å²) in [6.45, 7) is 0. The van der Waals surface area contributed by atoms with Crippen molar-refractivity contribution in [3.63, 3.8) is 0 Å². The van der Waals surface area contributed by atoms with Crippen LogP contribution in [-0.4, -0.2) is 19.0 Å². The number of aromatic nitrogens is 2. The minimum Gasteiger partial charge on any atom is -0.399 e. The van der Waals surface area contributed by atoms with Crippen LogP contribution in [0.4, 0.5) is 11.5 Å². The zero-order valence-electron chi connectivity index (χ0n) is 9.02. The summed E-state index contributed by atoms with van der Waals surface area (Å²) in [6.07, 6.45) is 0. The van der Waals surface area contributed by atoms with Gasteiger partial charge in [0, 0.05) is 5.69 Å². The van der Waals surface area contributed by atoms with Crippen LogP contribution in [0.25, 0.3) is 0 Å². The predicted molar refractivity (Wildman–Crippen MR) is 69.0 cm³/mol. The average Bonchev–Trinajstić information content (AvgIpc) is 2.32. The van der Waals surface area contributed by atoms with Gasteiger partial charge in [-0.3, -0.25) is 4.55 Å². The quantitative estimate of drug-likeness (QED) is 0.824. The Balaban J connectivity index is 2.44. The van der Waals surface area contributed by atoms with Gasteiger partial charge in [0.1, 0.15) is 0 Å². The summed E-state index contributed by atoms with van der Waals surface area (Å²) in [5.41, 5.74) is 6.00. The van der Waals surface area contributed by atoms with Gasteiger partial charge < -0.3 is 5.73 Å². The smallest absolute Gasteiger partial charge is 0.197 e. The first-order valence-corrected chi connectivity index (χ1v) is 6.67. The SMILES string of the molecule is Nc1ccc(S(=O)(O)=Nc2ccc(Cl)nn2)cc1. The van der Waals surface area contributed by atoms with E-state index in [-0.39, 0.29) is 15.9 Å². The predicted octanol–water partition coefficient (Wildman–Crippen LogP) is 2.34. The zero-order valence-corrected chi connectivity index (χ0v) is 10.6. The summed E-state index contributed by atoms with van der Waals surface area (Å²) in [6, 6.07) is 8.76. The standard InChI is InChI=1S/C10H9ClN4O2S/c11-9-5-6-10(14-13-9)15-18(16,17)8-3-1-7(12)2-4-8/h1-6H,12H2,(H,14,15,16,17). The minimum atomic E-state index is -3.57. The lowest BCUT2D eigenvalue weighted by Crippen LogP contribution is -1.99. The number of nitrogens with two attached hydrogens (primary N) is 1. The fraction of sp³-hybridized carbons (Fsp3) is 0. The molecule has 0 spiro atoms. The molecule has 1 aromatic heterocycles. The lowest BCUT2D eigenvalue weighted by Gasteiger charge is -2.02. The van der Waals surface area contributed by atoms with Crippen molar-refractivity contribution < 1.29 is 8.76 Å². The molecule has 8 heteroatoms. The fourth-order valence-corrected chi connectivity index (χ4v) is 2.23. The van der Waals surface area contributed by atoms with E-state index in [1.54, 1.807) is 0 Å². The number of benzene rings is 1. The highest BCUT2D eigenvalue weighted by Gasteiger charge is 2.09. The fourth-order valence-electron chi connectivity index (χ4n) is 1.18. The van der Waals surface area contributed by atoms with Gasteiger partial charge >= 0.3 is 0 Å². The van der Waals surface area contributed by atoms with Crippen LogP contribution < -0.4 is 5.73 Å². The highest BCUT2D eigenvalue weighted by molar-refractivity contribution is 7.88. The van der Waals surface area contributed by atoms with Crippen molar-refractivity contribution in [2.24, 2.45) is 4.36 Å². The maximum atomic E-state index is 12.0. The van der Waals surface area contributed by atoms with Crippen LogP contribution in [0.5, 0.6) is 0 Å². The third kappa shape index (κ3) is 2.95. The van der Waals surface area contributed by atoms with Crippen molar-refractivity contribution in [2.75, 3.05) is 5.73 Å². The van der Waals surface area contributed by atoms with E-state index in [1.165, 1.54) is 36.4 Å². The van der Waals surface area contributed by atoms with Gasteiger partial charge in [-0.25, -0.2) is 4.21 Å². The Bertz CT molecular complexity index is 663. The van der Waals surface area contributed by atoms with Crippen molar-refractivity contribution >= 4 is 33.1 Å². The van der Waals surface area contributed by atoms with Crippen molar-refractivity contribution in [1.29, 1.82) is 0 Å².